The van der Waals surface area contributed by atoms with Gasteiger partial charge in [-0.05, 0) is 56.9 Å². The number of carbonyl (C=O) groups excluding carboxylic acids is 2. The second kappa shape index (κ2) is 8.30. The first-order valence-corrected chi connectivity index (χ1v) is 8.88. The van der Waals surface area contributed by atoms with Crippen LogP contribution in [0.15, 0.2) is 40.9 Å². The lowest BCUT2D eigenvalue weighted by molar-refractivity contribution is -0.306. The molecule has 25 heavy (non-hydrogen) atoms. The SMILES string of the molecule is Cc1cc(C)cc(C[C@H](CC(=O)[O-])C(=O)Nc2ccc(C)c(Br)c2)c1. The van der Waals surface area contributed by atoms with Gasteiger partial charge in [-0.1, -0.05) is 51.3 Å². The number of aliphatic carboxylic acids is 1. The highest BCUT2D eigenvalue weighted by molar-refractivity contribution is 9.10. The van der Waals surface area contributed by atoms with Crippen molar-refractivity contribution in [3.05, 3.63) is 63.1 Å². The van der Waals surface area contributed by atoms with Crippen LogP contribution in [0.5, 0.6) is 0 Å². The van der Waals surface area contributed by atoms with E-state index >= 15 is 0 Å². The number of carboxylic acids is 1. The van der Waals surface area contributed by atoms with E-state index in [-0.39, 0.29) is 12.3 Å². The van der Waals surface area contributed by atoms with Gasteiger partial charge in [-0.25, -0.2) is 0 Å². The molecule has 0 aliphatic heterocycles. The summed E-state index contributed by atoms with van der Waals surface area (Å²) in [6.07, 6.45) is 0.0429. The molecule has 5 heteroatoms. The second-order valence-electron chi connectivity index (χ2n) is 6.43. The van der Waals surface area contributed by atoms with E-state index < -0.39 is 11.9 Å². The average molecular weight is 403 g/mol. The molecule has 0 heterocycles. The quantitative estimate of drug-likeness (QED) is 0.805. The fourth-order valence-electron chi connectivity index (χ4n) is 2.85. The number of aryl methyl sites for hydroxylation is 3. The van der Waals surface area contributed by atoms with Crippen molar-refractivity contribution in [1.29, 1.82) is 0 Å². The van der Waals surface area contributed by atoms with Crippen LogP contribution in [-0.4, -0.2) is 11.9 Å². The predicted octanol–water partition coefficient (Wildman–Crippen LogP) is 3.31. The number of carbonyl (C=O) groups is 2. The number of hydrogen-bond donors (Lipinski definition) is 1. The topological polar surface area (TPSA) is 69.2 Å². The Morgan fingerprint density at radius 3 is 2.28 bits per heavy atom. The summed E-state index contributed by atoms with van der Waals surface area (Å²) in [6, 6.07) is 11.5. The molecule has 132 valence electrons. The molecule has 2 rings (SSSR count). The van der Waals surface area contributed by atoms with Gasteiger partial charge in [0.1, 0.15) is 0 Å². The lowest BCUT2D eigenvalue weighted by Crippen LogP contribution is -2.32. The molecule has 0 fully saturated rings. The van der Waals surface area contributed by atoms with E-state index in [2.05, 4.69) is 21.2 Å². The van der Waals surface area contributed by atoms with Gasteiger partial charge < -0.3 is 15.2 Å². The van der Waals surface area contributed by atoms with E-state index in [1.807, 2.05) is 45.0 Å². The molecule has 1 atom stereocenters. The molecule has 0 aliphatic carbocycles. The Hall–Kier alpha value is -2.14. The molecule has 2 aromatic carbocycles. The number of benzene rings is 2. The number of amides is 1. The highest BCUT2D eigenvalue weighted by Gasteiger charge is 2.20. The molecular formula is C20H21BrNO3-. The van der Waals surface area contributed by atoms with Crippen molar-refractivity contribution < 1.29 is 14.7 Å². The summed E-state index contributed by atoms with van der Waals surface area (Å²) >= 11 is 3.43. The molecule has 0 saturated heterocycles. The minimum atomic E-state index is -1.23. The summed E-state index contributed by atoms with van der Waals surface area (Å²) < 4.78 is 0.885. The lowest BCUT2D eigenvalue weighted by Gasteiger charge is -2.18. The van der Waals surface area contributed by atoms with E-state index in [0.29, 0.717) is 12.1 Å². The van der Waals surface area contributed by atoms with Gasteiger partial charge in [0.25, 0.3) is 0 Å². The van der Waals surface area contributed by atoms with Crippen LogP contribution in [-0.2, 0) is 16.0 Å². The van der Waals surface area contributed by atoms with Gasteiger partial charge in [0.2, 0.25) is 5.91 Å². The van der Waals surface area contributed by atoms with Gasteiger partial charge in [0.05, 0.1) is 0 Å². The number of halogens is 1. The lowest BCUT2D eigenvalue weighted by atomic mass is 9.93. The first-order valence-electron chi connectivity index (χ1n) is 8.08. The van der Waals surface area contributed by atoms with Crippen LogP contribution in [0.4, 0.5) is 5.69 Å². The van der Waals surface area contributed by atoms with Crippen LogP contribution in [0.3, 0.4) is 0 Å². The van der Waals surface area contributed by atoms with E-state index in [0.717, 1.165) is 26.7 Å². The Balaban J connectivity index is 2.18. The summed E-state index contributed by atoms with van der Waals surface area (Å²) in [5.41, 5.74) is 4.81. The molecule has 0 aliphatic rings. The first kappa shape index (κ1) is 19.2. The van der Waals surface area contributed by atoms with Crippen molar-refractivity contribution >= 4 is 33.5 Å². The standard InChI is InChI=1S/C20H22BrNO3/c1-12-6-13(2)8-15(7-12)9-16(10-19(23)24)20(25)22-17-5-4-14(3)18(21)11-17/h4-8,11,16H,9-10H2,1-3H3,(H,22,25)(H,23,24)/p-1/t16-/m1/s1. The predicted molar refractivity (Wildman–Crippen MR) is 100 cm³/mol. The molecule has 4 nitrogen and oxygen atoms in total. The molecule has 0 bridgehead atoms. The summed E-state index contributed by atoms with van der Waals surface area (Å²) in [5.74, 6) is -2.24. The third kappa shape index (κ3) is 5.71. The van der Waals surface area contributed by atoms with Crippen molar-refractivity contribution in [2.24, 2.45) is 5.92 Å². The van der Waals surface area contributed by atoms with Crippen LogP contribution in [0.2, 0.25) is 0 Å². The van der Waals surface area contributed by atoms with Gasteiger partial charge >= 0.3 is 0 Å². The Morgan fingerprint density at radius 1 is 1.08 bits per heavy atom. The maximum Gasteiger partial charge on any atom is 0.228 e. The zero-order valence-electron chi connectivity index (χ0n) is 14.6. The van der Waals surface area contributed by atoms with Crippen LogP contribution in [0, 0.1) is 26.7 Å². The molecule has 0 saturated carbocycles. The third-order valence-electron chi connectivity index (χ3n) is 3.99. The van der Waals surface area contributed by atoms with Crippen LogP contribution in [0.25, 0.3) is 0 Å². The smallest absolute Gasteiger partial charge is 0.228 e. The highest BCUT2D eigenvalue weighted by Crippen LogP contribution is 2.22. The van der Waals surface area contributed by atoms with E-state index in [9.17, 15) is 14.7 Å². The first-order chi connectivity index (χ1) is 11.7. The molecule has 0 aromatic heterocycles. The van der Waals surface area contributed by atoms with Crippen LogP contribution < -0.4 is 10.4 Å². The Kier molecular flexibility index (Phi) is 6.37. The monoisotopic (exact) mass is 402 g/mol. The maximum atomic E-state index is 12.6. The Bertz CT molecular complexity index is 781. The fraction of sp³-hybridized carbons (Fsp3) is 0.300. The molecular weight excluding hydrogens is 382 g/mol. The maximum absolute atomic E-state index is 12.6. The second-order valence-corrected chi connectivity index (χ2v) is 7.28. The van der Waals surface area contributed by atoms with Gasteiger partial charge in [-0.2, -0.15) is 0 Å². The van der Waals surface area contributed by atoms with Crippen molar-refractivity contribution in [2.75, 3.05) is 5.32 Å². The van der Waals surface area contributed by atoms with Gasteiger partial charge in [-0.3, -0.25) is 4.79 Å². The fourth-order valence-corrected chi connectivity index (χ4v) is 3.22. The summed E-state index contributed by atoms with van der Waals surface area (Å²) in [5, 5.41) is 13.9. The summed E-state index contributed by atoms with van der Waals surface area (Å²) in [6.45, 7) is 5.91. The number of rotatable bonds is 6. The summed E-state index contributed by atoms with van der Waals surface area (Å²) in [4.78, 5) is 23.7. The van der Waals surface area contributed by atoms with Crippen molar-refractivity contribution in [3.8, 4) is 0 Å². The Morgan fingerprint density at radius 2 is 1.72 bits per heavy atom. The van der Waals surface area contributed by atoms with Crippen LogP contribution in [0.1, 0.15) is 28.7 Å². The van der Waals surface area contributed by atoms with Crippen LogP contribution >= 0.6 is 15.9 Å². The Labute approximate surface area is 156 Å². The highest BCUT2D eigenvalue weighted by atomic mass is 79.9. The normalized spacial score (nSPS) is 11.8. The van der Waals surface area contributed by atoms with E-state index in [1.54, 1.807) is 12.1 Å². The molecule has 0 unspecified atom stereocenters. The zero-order valence-corrected chi connectivity index (χ0v) is 16.1. The number of carboxylic acid groups (broad SMARTS) is 1. The minimum absolute atomic E-state index is 0.314. The number of nitrogens with one attached hydrogen (secondary N) is 1. The average Bonchev–Trinajstić information content (AvgIpc) is 2.49. The van der Waals surface area contributed by atoms with E-state index in [1.165, 1.54) is 0 Å². The third-order valence-corrected chi connectivity index (χ3v) is 4.84. The number of hydrogen-bond acceptors (Lipinski definition) is 3. The van der Waals surface area contributed by atoms with Gasteiger partial charge in [0, 0.05) is 22.0 Å². The minimum Gasteiger partial charge on any atom is -0.550 e. The van der Waals surface area contributed by atoms with Gasteiger partial charge in [0.15, 0.2) is 0 Å². The molecule has 0 spiro atoms. The van der Waals surface area contributed by atoms with E-state index in [4.69, 9.17) is 0 Å². The molecule has 2 aromatic rings. The van der Waals surface area contributed by atoms with Crippen molar-refractivity contribution in [1.82, 2.24) is 0 Å². The molecule has 1 amide bonds. The number of anilines is 1. The summed E-state index contributed by atoms with van der Waals surface area (Å²) in [7, 11) is 0. The largest absolute Gasteiger partial charge is 0.550 e. The molecule has 1 N–H and O–H groups in total. The van der Waals surface area contributed by atoms with Gasteiger partial charge in [-0.15, -0.1) is 0 Å². The molecule has 0 radical (unpaired) electrons. The van der Waals surface area contributed by atoms with Crippen molar-refractivity contribution in [2.45, 2.75) is 33.6 Å². The van der Waals surface area contributed by atoms with Crippen molar-refractivity contribution in [3.63, 3.8) is 0 Å². The zero-order chi connectivity index (χ0) is 18.6.